The fraction of sp³-hybridized carbons (Fsp3) is 0.917. The number of hydrogen-bond acceptors (Lipinski definition) is 3. The Morgan fingerprint density at radius 2 is 1.87 bits per heavy atom. The third kappa shape index (κ3) is 2.17. The SMILES string of the molecule is CC(C)C.O=C1OCC2C3CCC(S3)C12. The van der Waals surface area contributed by atoms with Crippen LogP contribution in [0.2, 0.25) is 0 Å². The van der Waals surface area contributed by atoms with E-state index in [2.05, 4.69) is 20.8 Å². The molecule has 3 fully saturated rings. The fourth-order valence-corrected chi connectivity index (χ4v) is 4.51. The number of carbonyl (C=O) groups excluding carboxylic acids is 1. The Labute approximate surface area is 96.1 Å². The molecule has 3 heterocycles. The number of ether oxygens (including phenoxy) is 1. The first-order valence-electron chi connectivity index (χ1n) is 5.91. The normalized spacial score (nSPS) is 41.2. The van der Waals surface area contributed by atoms with Crippen molar-refractivity contribution in [2.75, 3.05) is 6.61 Å². The second-order valence-electron chi connectivity index (χ2n) is 5.34. The average molecular weight is 228 g/mol. The van der Waals surface area contributed by atoms with Crippen LogP contribution in [0.15, 0.2) is 0 Å². The smallest absolute Gasteiger partial charge is 0.310 e. The van der Waals surface area contributed by atoms with Crippen molar-refractivity contribution < 1.29 is 9.53 Å². The quantitative estimate of drug-likeness (QED) is 0.596. The van der Waals surface area contributed by atoms with Crippen molar-refractivity contribution in [1.29, 1.82) is 0 Å². The number of hydrogen-bond donors (Lipinski definition) is 0. The molecule has 86 valence electrons. The Balaban J connectivity index is 0.000000188. The Hall–Kier alpha value is -0.180. The number of carbonyl (C=O) groups is 1. The Kier molecular flexibility index (Phi) is 3.29. The van der Waals surface area contributed by atoms with Crippen LogP contribution in [0.1, 0.15) is 33.6 Å². The third-order valence-corrected chi connectivity index (χ3v) is 4.93. The zero-order chi connectivity index (χ0) is 11.0. The van der Waals surface area contributed by atoms with Crippen LogP contribution in [-0.2, 0) is 9.53 Å². The van der Waals surface area contributed by atoms with Gasteiger partial charge in [-0.25, -0.2) is 0 Å². The largest absolute Gasteiger partial charge is 0.465 e. The molecule has 0 aliphatic carbocycles. The van der Waals surface area contributed by atoms with Crippen molar-refractivity contribution in [3.8, 4) is 0 Å². The third-order valence-electron chi connectivity index (χ3n) is 3.11. The topological polar surface area (TPSA) is 26.3 Å². The van der Waals surface area contributed by atoms with E-state index in [1.165, 1.54) is 12.8 Å². The highest BCUT2D eigenvalue weighted by atomic mass is 32.2. The number of fused-ring (bicyclic) bond motifs is 5. The maximum absolute atomic E-state index is 11.2. The Bertz CT molecular complexity index is 249. The van der Waals surface area contributed by atoms with Crippen molar-refractivity contribution >= 4 is 17.7 Å². The van der Waals surface area contributed by atoms with Gasteiger partial charge in [0.15, 0.2) is 0 Å². The fourth-order valence-electron chi connectivity index (χ4n) is 2.59. The van der Waals surface area contributed by atoms with Crippen molar-refractivity contribution in [2.45, 2.75) is 44.1 Å². The number of thioether (sulfide) groups is 1. The molecule has 2 bridgehead atoms. The monoisotopic (exact) mass is 228 g/mol. The highest BCUT2D eigenvalue weighted by Gasteiger charge is 2.55. The molecule has 3 rings (SSSR count). The summed E-state index contributed by atoms with van der Waals surface area (Å²) < 4.78 is 5.05. The van der Waals surface area contributed by atoms with Crippen molar-refractivity contribution in [3.63, 3.8) is 0 Å². The van der Waals surface area contributed by atoms with Crippen molar-refractivity contribution in [2.24, 2.45) is 17.8 Å². The lowest BCUT2D eigenvalue weighted by Gasteiger charge is -2.17. The van der Waals surface area contributed by atoms with Gasteiger partial charge in [0.2, 0.25) is 0 Å². The van der Waals surface area contributed by atoms with E-state index >= 15 is 0 Å². The standard InChI is InChI=1S/C8H10O2S.C4H10/c9-8-7-4(3-10-8)5-1-2-6(7)11-5;1-4(2)3/h4-7H,1-3H2;4H,1-3H3. The van der Waals surface area contributed by atoms with Gasteiger partial charge in [-0.3, -0.25) is 4.79 Å². The molecule has 3 aliphatic heterocycles. The number of rotatable bonds is 0. The van der Waals surface area contributed by atoms with E-state index in [0.717, 1.165) is 11.2 Å². The van der Waals surface area contributed by atoms with E-state index in [4.69, 9.17) is 4.74 Å². The molecule has 15 heavy (non-hydrogen) atoms. The summed E-state index contributed by atoms with van der Waals surface area (Å²) in [6, 6.07) is 0. The maximum atomic E-state index is 11.2. The molecular formula is C12H20O2S. The molecule has 0 N–H and O–H groups in total. The van der Waals surface area contributed by atoms with Crippen LogP contribution in [0, 0.1) is 17.8 Å². The summed E-state index contributed by atoms with van der Waals surface area (Å²) in [6.45, 7) is 7.21. The summed E-state index contributed by atoms with van der Waals surface area (Å²) in [7, 11) is 0. The van der Waals surface area contributed by atoms with Gasteiger partial charge >= 0.3 is 5.97 Å². The second kappa shape index (κ2) is 4.36. The minimum absolute atomic E-state index is 0.0784. The van der Waals surface area contributed by atoms with Crippen LogP contribution < -0.4 is 0 Å². The molecule has 3 saturated heterocycles. The summed E-state index contributed by atoms with van der Waals surface area (Å²) in [6.07, 6.45) is 2.55. The summed E-state index contributed by atoms with van der Waals surface area (Å²) in [4.78, 5) is 11.2. The predicted octanol–water partition coefficient (Wildman–Crippen LogP) is 2.72. The molecule has 0 aromatic rings. The molecule has 3 heteroatoms. The van der Waals surface area contributed by atoms with Crippen LogP contribution in [-0.4, -0.2) is 23.1 Å². The lowest BCUT2D eigenvalue weighted by molar-refractivity contribution is -0.141. The first kappa shape index (κ1) is 11.3. The van der Waals surface area contributed by atoms with E-state index < -0.39 is 0 Å². The Morgan fingerprint density at radius 1 is 1.27 bits per heavy atom. The predicted molar refractivity (Wildman–Crippen MR) is 62.9 cm³/mol. The summed E-state index contributed by atoms with van der Waals surface area (Å²) in [5, 5.41) is 1.36. The van der Waals surface area contributed by atoms with E-state index in [-0.39, 0.29) is 11.9 Å². The van der Waals surface area contributed by atoms with Crippen LogP contribution >= 0.6 is 11.8 Å². The summed E-state index contributed by atoms with van der Waals surface area (Å²) >= 11 is 2.03. The van der Waals surface area contributed by atoms with Crippen LogP contribution in [0.3, 0.4) is 0 Å². The molecule has 3 aliphatic rings. The van der Waals surface area contributed by atoms with Gasteiger partial charge in [0, 0.05) is 16.4 Å². The van der Waals surface area contributed by atoms with Gasteiger partial charge in [0.05, 0.1) is 12.5 Å². The second-order valence-corrected chi connectivity index (χ2v) is 6.83. The minimum atomic E-state index is 0.0784. The lowest BCUT2D eigenvalue weighted by Crippen LogP contribution is -2.27. The van der Waals surface area contributed by atoms with Gasteiger partial charge < -0.3 is 4.74 Å². The summed E-state index contributed by atoms with van der Waals surface area (Å²) in [5.41, 5.74) is 0. The van der Waals surface area contributed by atoms with Crippen molar-refractivity contribution in [3.05, 3.63) is 0 Å². The summed E-state index contributed by atoms with van der Waals surface area (Å²) in [5.74, 6) is 1.76. The molecule has 0 aromatic carbocycles. The van der Waals surface area contributed by atoms with Crippen LogP contribution in [0.4, 0.5) is 0 Å². The van der Waals surface area contributed by atoms with Gasteiger partial charge in [-0.05, 0) is 18.8 Å². The first-order valence-corrected chi connectivity index (χ1v) is 6.86. The van der Waals surface area contributed by atoms with Crippen LogP contribution in [0.5, 0.6) is 0 Å². The van der Waals surface area contributed by atoms with Gasteiger partial charge in [-0.1, -0.05) is 20.8 Å². The zero-order valence-electron chi connectivity index (χ0n) is 9.73. The van der Waals surface area contributed by atoms with Gasteiger partial charge in [0.1, 0.15) is 0 Å². The van der Waals surface area contributed by atoms with Gasteiger partial charge in [0.25, 0.3) is 0 Å². The average Bonchev–Trinajstić information content (AvgIpc) is 2.76. The van der Waals surface area contributed by atoms with E-state index in [1.807, 2.05) is 11.8 Å². The Morgan fingerprint density at radius 3 is 2.47 bits per heavy atom. The molecule has 0 aromatic heterocycles. The minimum Gasteiger partial charge on any atom is -0.465 e. The molecule has 0 amide bonds. The maximum Gasteiger partial charge on any atom is 0.310 e. The molecule has 0 spiro atoms. The van der Waals surface area contributed by atoms with Gasteiger partial charge in [-0.15, -0.1) is 0 Å². The first-order chi connectivity index (χ1) is 7.09. The lowest BCUT2D eigenvalue weighted by atomic mass is 9.81. The van der Waals surface area contributed by atoms with E-state index in [1.54, 1.807) is 0 Å². The highest BCUT2D eigenvalue weighted by molar-refractivity contribution is 8.01. The molecule has 2 nitrogen and oxygen atoms in total. The highest BCUT2D eigenvalue weighted by Crippen LogP contribution is 2.55. The number of cyclic esters (lactones) is 1. The molecule has 0 radical (unpaired) electrons. The van der Waals surface area contributed by atoms with Gasteiger partial charge in [-0.2, -0.15) is 11.8 Å². The molecule has 0 saturated carbocycles. The molecular weight excluding hydrogens is 208 g/mol. The molecule has 4 atom stereocenters. The van der Waals surface area contributed by atoms with E-state index in [0.29, 0.717) is 17.8 Å². The van der Waals surface area contributed by atoms with E-state index in [9.17, 15) is 4.79 Å². The number of esters is 1. The zero-order valence-corrected chi connectivity index (χ0v) is 10.5. The molecule has 4 unspecified atom stereocenters. The van der Waals surface area contributed by atoms with Crippen molar-refractivity contribution in [1.82, 2.24) is 0 Å². The van der Waals surface area contributed by atoms with Crippen LogP contribution in [0.25, 0.3) is 0 Å².